The molecule has 2 aromatic carbocycles. The molecular weight excluding hydrogens is 760 g/mol. The third-order valence-corrected chi connectivity index (χ3v) is 9.04. The number of nitrogen functional groups attached to an aromatic ring is 1. The second-order valence-electron chi connectivity index (χ2n) is 11.5. The fourth-order valence-electron chi connectivity index (χ4n) is 5.06. The highest BCUT2D eigenvalue weighted by molar-refractivity contribution is 7.53. The number of rotatable bonds is 7. The summed E-state index contributed by atoms with van der Waals surface area (Å²) in [5.41, 5.74) is 10.5. The summed E-state index contributed by atoms with van der Waals surface area (Å²) in [6, 6.07) is 31.5. The maximum atomic E-state index is 12.1. The minimum absolute atomic E-state index is 0.139. The molecule has 274 valence electrons. The Morgan fingerprint density at radius 1 is 0.636 bits per heavy atom. The normalized spacial score (nSPS) is 10.7. The van der Waals surface area contributed by atoms with Crippen molar-refractivity contribution in [1.82, 2.24) is 29.9 Å². The van der Waals surface area contributed by atoms with Crippen LogP contribution in [0.4, 0.5) is 5.69 Å². The van der Waals surface area contributed by atoms with Crippen LogP contribution in [0.15, 0.2) is 146 Å². The van der Waals surface area contributed by atoms with E-state index in [-0.39, 0.29) is 5.56 Å². The quantitative estimate of drug-likeness (QED) is 0.146. The number of carboxylic acids is 1. The SMILES string of the molecule is CP(=O)(Oc1ccccc1)Oc1ccccc1.Nc1cc(-c2cc(Cl)ccn2)nc2ccncc12.O=C(O)c1cc(-c2cc(Cl)ccn2)nc2ccncc12. The molecule has 0 unspecified atom stereocenters. The predicted octanol–water partition coefficient (Wildman–Crippen LogP) is 9.94. The first-order valence-electron chi connectivity index (χ1n) is 16.3. The van der Waals surface area contributed by atoms with Crippen LogP contribution in [0.25, 0.3) is 44.6 Å². The van der Waals surface area contributed by atoms with Crippen molar-refractivity contribution in [3.63, 3.8) is 0 Å². The van der Waals surface area contributed by atoms with E-state index in [2.05, 4.69) is 29.9 Å². The Kier molecular flexibility index (Phi) is 12.2. The number of carbonyl (C=O) groups is 1. The van der Waals surface area contributed by atoms with E-state index in [4.69, 9.17) is 38.0 Å². The molecule has 12 nitrogen and oxygen atoms in total. The Morgan fingerprint density at radius 3 is 1.60 bits per heavy atom. The predicted molar refractivity (Wildman–Crippen MR) is 215 cm³/mol. The Morgan fingerprint density at radius 2 is 1.11 bits per heavy atom. The molecule has 3 N–H and O–H groups in total. The largest absolute Gasteiger partial charge is 0.478 e. The number of pyridine rings is 6. The van der Waals surface area contributed by atoms with Crippen molar-refractivity contribution in [3.05, 3.63) is 162 Å². The number of hydrogen-bond acceptors (Lipinski definition) is 11. The second-order valence-corrected chi connectivity index (χ2v) is 14.3. The van der Waals surface area contributed by atoms with Gasteiger partial charge in [0.1, 0.15) is 11.5 Å². The van der Waals surface area contributed by atoms with Gasteiger partial charge in [-0.05, 0) is 72.8 Å². The summed E-state index contributed by atoms with van der Waals surface area (Å²) in [5.74, 6) is 0.0391. The molecule has 0 fully saturated rings. The zero-order valence-corrected chi connectivity index (χ0v) is 31.3. The molecule has 0 aliphatic carbocycles. The van der Waals surface area contributed by atoms with Crippen LogP contribution in [0.1, 0.15) is 10.4 Å². The van der Waals surface area contributed by atoms with Crippen LogP contribution in [-0.2, 0) is 4.57 Å². The number of para-hydroxylation sites is 2. The first kappa shape index (κ1) is 38.3. The van der Waals surface area contributed by atoms with Gasteiger partial charge >= 0.3 is 13.6 Å². The van der Waals surface area contributed by atoms with Crippen molar-refractivity contribution in [1.29, 1.82) is 0 Å². The molecule has 8 aromatic rings. The highest BCUT2D eigenvalue weighted by Crippen LogP contribution is 2.44. The van der Waals surface area contributed by atoms with Gasteiger partial charge in [-0.15, -0.1) is 0 Å². The maximum absolute atomic E-state index is 12.1. The van der Waals surface area contributed by atoms with Crippen molar-refractivity contribution in [2.45, 2.75) is 0 Å². The molecule has 6 aromatic heterocycles. The van der Waals surface area contributed by atoms with Crippen LogP contribution in [0.5, 0.6) is 11.5 Å². The fraction of sp³-hybridized carbons (Fsp3) is 0.0250. The number of nitrogens with zero attached hydrogens (tertiary/aromatic N) is 6. The summed E-state index contributed by atoms with van der Waals surface area (Å²) in [7, 11) is -3.14. The van der Waals surface area contributed by atoms with Crippen LogP contribution in [0.2, 0.25) is 10.0 Å². The van der Waals surface area contributed by atoms with Gasteiger partial charge in [-0.1, -0.05) is 59.6 Å². The Balaban J connectivity index is 0.000000141. The highest BCUT2D eigenvalue weighted by atomic mass is 35.5. The minimum atomic E-state index is -3.14. The number of halogens is 2. The van der Waals surface area contributed by atoms with Crippen LogP contribution in [0, 0.1) is 0 Å². The number of benzene rings is 2. The molecule has 0 saturated carbocycles. The van der Waals surface area contributed by atoms with E-state index >= 15 is 0 Å². The number of aromatic nitrogens is 6. The lowest BCUT2D eigenvalue weighted by Crippen LogP contribution is -2.01. The van der Waals surface area contributed by atoms with Crippen molar-refractivity contribution in [3.8, 4) is 34.3 Å². The average molecular weight is 791 g/mol. The van der Waals surface area contributed by atoms with Gasteiger partial charge in [0.05, 0.1) is 46.0 Å². The summed E-state index contributed by atoms with van der Waals surface area (Å²) < 4.78 is 22.8. The second kappa shape index (κ2) is 17.6. The van der Waals surface area contributed by atoms with Crippen molar-refractivity contribution in [2.75, 3.05) is 12.4 Å². The number of carboxylic acid groups (broad SMARTS) is 1. The lowest BCUT2D eigenvalue weighted by Gasteiger charge is -2.15. The third kappa shape index (κ3) is 10.4. The van der Waals surface area contributed by atoms with Crippen LogP contribution in [0.3, 0.4) is 0 Å². The Labute approximate surface area is 325 Å². The smallest absolute Gasteiger partial charge is 0.427 e. The molecule has 0 radical (unpaired) electrons. The van der Waals surface area contributed by atoms with Gasteiger partial charge in [0.15, 0.2) is 0 Å². The van der Waals surface area contributed by atoms with Gasteiger partial charge < -0.3 is 19.9 Å². The molecule has 0 aliphatic rings. The fourth-order valence-corrected chi connectivity index (χ4v) is 6.42. The van der Waals surface area contributed by atoms with Gasteiger partial charge in [-0.3, -0.25) is 19.9 Å². The molecule has 15 heteroatoms. The number of anilines is 1. The lowest BCUT2D eigenvalue weighted by atomic mass is 10.1. The summed E-state index contributed by atoms with van der Waals surface area (Å²) in [5, 5.41) is 11.8. The maximum Gasteiger partial charge on any atom is 0.427 e. The number of nitrogens with two attached hydrogens (primary N) is 1. The number of hydrogen-bond donors (Lipinski definition) is 2. The summed E-state index contributed by atoms with van der Waals surface area (Å²) in [6.07, 6.45) is 9.64. The van der Waals surface area contributed by atoms with E-state index < -0.39 is 13.6 Å². The first-order valence-corrected chi connectivity index (χ1v) is 19.1. The molecular formula is C40H30Cl2N7O5P. The lowest BCUT2D eigenvalue weighted by molar-refractivity contribution is 0.0699. The van der Waals surface area contributed by atoms with E-state index in [0.29, 0.717) is 60.9 Å². The molecule has 8 rings (SSSR count). The monoisotopic (exact) mass is 789 g/mol. The zero-order valence-electron chi connectivity index (χ0n) is 28.9. The van der Waals surface area contributed by atoms with Crippen molar-refractivity contribution in [2.24, 2.45) is 0 Å². The Bertz CT molecular complexity index is 2600. The standard InChI is InChI=1S/C14H8ClN3O2.C13H9ClN4.C13H13O3P/c15-8-1-4-17-12(5-8)13-6-9(14(19)20)10-7-16-3-2-11(10)18-13;14-8-1-4-17-12(5-8)13-6-10(15)9-7-16-3-2-11(9)18-13;1-17(14,15-12-8-4-2-5-9-12)16-13-10-6-3-7-11-13/h1-7H,(H,19,20);1-7H,(H2,15,18);2-11H,1H3. The summed E-state index contributed by atoms with van der Waals surface area (Å²) >= 11 is 11.9. The van der Waals surface area contributed by atoms with Gasteiger partial charge in [0.25, 0.3) is 0 Å². The van der Waals surface area contributed by atoms with E-state index in [1.165, 1.54) is 18.9 Å². The number of fused-ring (bicyclic) bond motifs is 2. The van der Waals surface area contributed by atoms with Gasteiger partial charge in [-0.25, -0.2) is 19.3 Å². The topological polar surface area (TPSA) is 176 Å². The molecule has 0 atom stereocenters. The summed E-state index contributed by atoms with van der Waals surface area (Å²) in [6.45, 7) is 1.45. The average Bonchev–Trinajstić information content (AvgIpc) is 3.18. The third-order valence-electron chi connectivity index (χ3n) is 7.48. The summed E-state index contributed by atoms with van der Waals surface area (Å²) in [4.78, 5) is 36.6. The van der Waals surface area contributed by atoms with E-state index in [1.807, 2.05) is 42.5 Å². The molecule has 0 aliphatic heterocycles. The van der Waals surface area contributed by atoms with Crippen LogP contribution >= 0.6 is 30.8 Å². The molecule has 0 spiro atoms. The van der Waals surface area contributed by atoms with Gasteiger partial charge in [0.2, 0.25) is 0 Å². The molecule has 6 heterocycles. The van der Waals surface area contributed by atoms with Crippen LogP contribution < -0.4 is 14.8 Å². The Hall–Kier alpha value is -6.46. The minimum Gasteiger partial charge on any atom is -0.478 e. The van der Waals surface area contributed by atoms with Crippen molar-refractivity contribution >= 4 is 64.3 Å². The van der Waals surface area contributed by atoms with E-state index in [0.717, 1.165) is 10.9 Å². The van der Waals surface area contributed by atoms with E-state index in [9.17, 15) is 14.5 Å². The van der Waals surface area contributed by atoms with Crippen LogP contribution in [-0.4, -0.2) is 47.6 Å². The van der Waals surface area contributed by atoms with E-state index in [1.54, 1.807) is 91.6 Å². The molecule has 55 heavy (non-hydrogen) atoms. The van der Waals surface area contributed by atoms with Gasteiger partial charge in [-0.2, -0.15) is 0 Å². The van der Waals surface area contributed by atoms with Crippen molar-refractivity contribution < 1.29 is 23.5 Å². The molecule has 0 amide bonds. The first-order chi connectivity index (χ1) is 26.5. The highest BCUT2D eigenvalue weighted by Gasteiger charge is 2.20. The number of aromatic carboxylic acids is 1. The zero-order chi connectivity index (χ0) is 38.8. The molecule has 0 bridgehead atoms. The molecule has 0 saturated heterocycles. The van der Waals surface area contributed by atoms with Gasteiger partial charge in [0, 0.05) is 63.7 Å².